The molecular formula is C12H15N3O3. The smallest absolute Gasteiger partial charge is 0.311 e. The summed E-state index contributed by atoms with van der Waals surface area (Å²) in [6.07, 6.45) is 2.09. The summed E-state index contributed by atoms with van der Waals surface area (Å²) in [6, 6.07) is 3.23. The van der Waals surface area contributed by atoms with E-state index in [2.05, 4.69) is 4.98 Å². The van der Waals surface area contributed by atoms with Crippen molar-refractivity contribution in [2.75, 3.05) is 18.0 Å². The topological polar surface area (TPSA) is 96.5 Å². The van der Waals surface area contributed by atoms with Crippen LogP contribution in [0.3, 0.4) is 0 Å². The molecule has 6 heteroatoms. The zero-order valence-electron chi connectivity index (χ0n) is 10.1. The van der Waals surface area contributed by atoms with Gasteiger partial charge in [-0.05, 0) is 25.5 Å². The lowest BCUT2D eigenvalue weighted by Crippen LogP contribution is -2.33. The van der Waals surface area contributed by atoms with Crippen LogP contribution in [0.2, 0.25) is 0 Å². The first kappa shape index (κ1) is 12.3. The Bertz CT molecular complexity index is 503. The van der Waals surface area contributed by atoms with E-state index in [4.69, 9.17) is 5.73 Å². The van der Waals surface area contributed by atoms with Crippen molar-refractivity contribution in [2.45, 2.75) is 13.3 Å². The van der Waals surface area contributed by atoms with Crippen molar-refractivity contribution in [1.29, 1.82) is 0 Å². The second-order valence-electron chi connectivity index (χ2n) is 4.78. The normalized spacial score (nSPS) is 23.1. The third kappa shape index (κ3) is 2.01. The molecule has 3 N–H and O–H groups in total. The number of carboxylic acid groups (broad SMARTS) is 1. The largest absolute Gasteiger partial charge is 0.481 e. The molecule has 0 spiro atoms. The first-order valence-electron chi connectivity index (χ1n) is 5.67. The molecule has 1 amide bonds. The van der Waals surface area contributed by atoms with Crippen LogP contribution in [-0.4, -0.2) is 35.1 Å². The van der Waals surface area contributed by atoms with Crippen LogP contribution in [-0.2, 0) is 4.79 Å². The summed E-state index contributed by atoms with van der Waals surface area (Å²) in [5.41, 5.74) is 4.81. The number of nitrogens with two attached hydrogens (primary N) is 1. The molecule has 1 unspecified atom stereocenters. The molecule has 1 aromatic rings. The summed E-state index contributed by atoms with van der Waals surface area (Å²) in [5.74, 6) is -0.918. The summed E-state index contributed by atoms with van der Waals surface area (Å²) in [7, 11) is 0. The van der Waals surface area contributed by atoms with Gasteiger partial charge in [-0.2, -0.15) is 0 Å². The average Bonchev–Trinajstić information content (AvgIpc) is 2.73. The number of aromatic nitrogens is 1. The lowest BCUT2D eigenvalue weighted by atomic mass is 9.90. The van der Waals surface area contributed by atoms with E-state index in [1.54, 1.807) is 30.2 Å². The predicted octanol–water partition coefficient (Wildman–Crippen LogP) is 0.481. The second kappa shape index (κ2) is 4.29. The fourth-order valence-corrected chi connectivity index (χ4v) is 2.16. The molecule has 1 atom stereocenters. The molecule has 1 saturated heterocycles. The van der Waals surface area contributed by atoms with Crippen LogP contribution in [0, 0.1) is 5.41 Å². The monoisotopic (exact) mass is 249 g/mol. The fourth-order valence-electron chi connectivity index (χ4n) is 2.16. The van der Waals surface area contributed by atoms with Gasteiger partial charge >= 0.3 is 5.97 Å². The Morgan fingerprint density at radius 1 is 1.56 bits per heavy atom. The molecular weight excluding hydrogens is 234 g/mol. The molecule has 1 aliphatic rings. The maximum absolute atomic E-state index is 11.3. The minimum Gasteiger partial charge on any atom is -0.481 e. The van der Waals surface area contributed by atoms with Crippen molar-refractivity contribution < 1.29 is 14.7 Å². The highest BCUT2D eigenvalue weighted by molar-refractivity contribution is 5.97. The highest BCUT2D eigenvalue weighted by Crippen LogP contribution is 2.33. The van der Waals surface area contributed by atoms with Crippen molar-refractivity contribution in [1.82, 2.24) is 4.98 Å². The van der Waals surface area contributed by atoms with E-state index in [1.165, 1.54) is 0 Å². The Morgan fingerprint density at radius 3 is 2.83 bits per heavy atom. The van der Waals surface area contributed by atoms with Gasteiger partial charge in [0.05, 0.1) is 11.0 Å². The van der Waals surface area contributed by atoms with Gasteiger partial charge in [-0.1, -0.05) is 0 Å². The van der Waals surface area contributed by atoms with Crippen LogP contribution in [0.5, 0.6) is 0 Å². The van der Waals surface area contributed by atoms with Gasteiger partial charge in [-0.15, -0.1) is 0 Å². The molecule has 6 nitrogen and oxygen atoms in total. The standard InChI is InChI=1S/C12H15N3O3/c1-12(11(17)18)4-6-15(7-12)10-8(9(13)16)3-2-5-14-10/h2-3,5H,4,6-7H2,1H3,(H2,13,16)(H,17,18). The van der Waals surface area contributed by atoms with Crippen molar-refractivity contribution in [2.24, 2.45) is 11.1 Å². The number of nitrogens with zero attached hydrogens (tertiary/aromatic N) is 2. The lowest BCUT2D eigenvalue weighted by molar-refractivity contribution is -0.146. The van der Waals surface area contributed by atoms with Crippen LogP contribution in [0.25, 0.3) is 0 Å². The number of pyridine rings is 1. The molecule has 0 saturated carbocycles. The summed E-state index contributed by atoms with van der Waals surface area (Å²) in [5, 5.41) is 9.18. The van der Waals surface area contributed by atoms with Crippen LogP contribution >= 0.6 is 0 Å². The van der Waals surface area contributed by atoms with E-state index in [9.17, 15) is 14.7 Å². The predicted molar refractivity (Wildman–Crippen MR) is 65.3 cm³/mol. The summed E-state index contributed by atoms with van der Waals surface area (Å²) >= 11 is 0. The van der Waals surface area contributed by atoms with E-state index < -0.39 is 17.3 Å². The molecule has 2 rings (SSSR count). The molecule has 0 aliphatic carbocycles. The number of carbonyl (C=O) groups is 2. The van der Waals surface area contributed by atoms with Crippen molar-refractivity contribution >= 4 is 17.7 Å². The number of primary amides is 1. The summed E-state index contributed by atoms with van der Waals surface area (Å²) in [4.78, 5) is 28.4. The number of rotatable bonds is 3. The molecule has 1 fully saturated rings. The van der Waals surface area contributed by atoms with E-state index in [0.29, 0.717) is 30.9 Å². The molecule has 0 radical (unpaired) electrons. The molecule has 18 heavy (non-hydrogen) atoms. The SMILES string of the molecule is CC1(C(=O)O)CCN(c2ncccc2C(N)=O)C1. The average molecular weight is 249 g/mol. The van der Waals surface area contributed by atoms with Gasteiger partial charge < -0.3 is 15.7 Å². The zero-order valence-corrected chi connectivity index (χ0v) is 10.1. The highest BCUT2D eigenvalue weighted by Gasteiger charge is 2.41. The maximum Gasteiger partial charge on any atom is 0.311 e. The molecule has 0 aromatic carbocycles. The minimum atomic E-state index is -0.832. The number of amides is 1. The third-order valence-corrected chi connectivity index (χ3v) is 3.34. The van der Waals surface area contributed by atoms with Crippen molar-refractivity contribution in [3.8, 4) is 0 Å². The van der Waals surface area contributed by atoms with Crippen LogP contribution in [0.15, 0.2) is 18.3 Å². The van der Waals surface area contributed by atoms with E-state index >= 15 is 0 Å². The van der Waals surface area contributed by atoms with E-state index in [0.717, 1.165) is 0 Å². The molecule has 2 heterocycles. The van der Waals surface area contributed by atoms with Gasteiger partial charge in [0.2, 0.25) is 0 Å². The van der Waals surface area contributed by atoms with Crippen LogP contribution in [0.4, 0.5) is 5.82 Å². The Hall–Kier alpha value is -2.11. The van der Waals surface area contributed by atoms with Gasteiger partial charge in [-0.25, -0.2) is 4.98 Å². The fraction of sp³-hybridized carbons (Fsp3) is 0.417. The minimum absolute atomic E-state index is 0.326. The Morgan fingerprint density at radius 2 is 2.28 bits per heavy atom. The summed E-state index contributed by atoms with van der Waals surface area (Å²) < 4.78 is 0. The number of anilines is 1. The Labute approximate surface area is 104 Å². The van der Waals surface area contributed by atoms with Crippen LogP contribution in [0.1, 0.15) is 23.7 Å². The van der Waals surface area contributed by atoms with E-state index in [-0.39, 0.29) is 0 Å². The zero-order chi connectivity index (χ0) is 13.3. The maximum atomic E-state index is 11.3. The van der Waals surface area contributed by atoms with Gasteiger partial charge in [0, 0.05) is 19.3 Å². The molecule has 96 valence electrons. The van der Waals surface area contributed by atoms with Crippen molar-refractivity contribution in [3.63, 3.8) is 0 Å². The van der Waals surface area contributed by atoms with Crippen LogP contribution < -0.4 is 10.6 Å². The van der Waals surface area contributed by atoms with Gasteiger partial charge in [0.25, 0.3) is 5.91 Å². The number of hydrogen-bond donors (Lipinski definition) is 2. The molecule has 1 aliphatic heterocycles. The third-order valence-electron chi connectivity index (χ3n) is 3.34. The number of aliphatic carboxylic acids is 1. The number of carboxylic acids is 1. The first-order chi connectivity index (χ1) is 8.44. The molecule has 1 aromatic heterocycles. The van der Waals surface area contributed by atoms with Crippen molar-refractivity contribution in [3.05, 3.63) is 23.9 Å². The highest BCUT2D eigenvalue weighted by atomic mass is 16.4. The first-order valence-corrected chi connectivity index (χ1v) is 5.67. The number of carbonyl (C=O) groups excluding carboxylic acids is 1. The molecule has 0 bridgehead atoms. The Kier molecular flexibility index (Phi) is 2.94. The van der Waals surface area contributed by atoms with Gasteiger partial charge in [0.1, 0.15) is 5.82 Å². The quantitative estimate of drug-likeness (QED) is 0.812. The van der Waals surface area contributed by atoms with Gasteiger partial charge in [-0.3, -0.25) is 9.59 Å². The van der Waals surface area contributed by atoms with E-state index in [1.807, 2.05) is 0 Å². The lowest BCUT2D eigenvalue weighted by Gasteiger charge is -2.22. The summed E-state index contributed by atoms with van der Waals surface area (Å²) in [6.45, 7) is 2.59. The Balaban J connectivity index is 2.30. The van der Waals surface area contributed by atoms with Gasteiger partial charge in [0.15, 0.2) is 0 Å². The number of hydrogen-bond acceptors (Lipinski definition) is 4. The second-order valence-corrected chi connectivity index (χ2v) is 4.78.